The fourth-order valence-corrected chi connectivity index (χ4v) is 5.64. The van der Waals surface area contributed by atoms with Crippen LogP contribution in [0.5, 0.6) is 5.75 Å². The van der Waals surface area contributed by atoms with Gasteiger partial charge < -0.3 is 19.5 Å². The van der Waals surface area contributed by atoms with E-state index in [2.05, 4.69) is 19.6 Å². The van der Waals surface area contributed by atoms with Crippen molar-refractivity contribution in [2.45, 2.75) is 12.1 Å². The highest BCUT2D eigenvalue weighted by Gasteiger charge is 2.42. The van der Waals surface area contributed by atoms with E-state index >= 15 is 0 Å². The highest BCUT2D eigenvalue weighted by atomic mass is 35.5. The molecule has 1 saturated heterocycles. The molecule has 0 bridgehead atoms. The van der Waals surface area contributed by atoms with E-state index in [9.17, 15) is 8.42 Å². The molecule has 0 spiro atoms. The first-order chi connectivity index (χ1) is 17.7. The quantitative estimate of drug-likeness (QED) is 0.308. The van der Waals surface area contributed by atoms with Gasteiger partial charge in [-0.05, 0) is 72.9 Å². The van der Waals surface area contributed by atoms with Gasteiger partial charge in [-0.1, -0.05) is 23.7 Å². The van der Waals surface area contributed by atoms with E-state index in [1.807, 2.05) is 71.8 Å². The summed E-state index contributed by atoms with van der Waals surface area (Å²) < 4.78 is 34.1. The Hall–Kier alpha value is -3.60. The molecular weight excluding hydrogens is 530 g/mol. The number of nitrogens with one attached hydrogen (secondary N) is 2. The topological polar surface area (TPSA) is 88.5 Å². The molecule has 3 heterocycles. The lowest BCUT2D eigenvalue weighted by atomic mass is 10.0. The molecule has 2 unspecified atom stereocenters. The van der Waals surface area contributed by atoms with Crippen molar-refractivity contribution in [3.8, 4) is 11.4 Å². The number of benzene rings is 2. The third-order valence-electron chi connectivity index (χ3n) is 6.02. The van der Waals surface area contributed by atoms with Crippen LogP contribution >= 0.6 is 23.8 Å². The fourth-order valence-electron chi connectivity index (χ4n) is 4.55. The highest BCUT2D eigenvalue weighted by Crippen LogP contribution is 2.44. The Labute approximate surface area is 225 Å². The number of pyridine rings is 1. The molecule has 37 heavy (non-hydrogen) atoms. The van der Waals surface area contributed by atoms with Gasteiger partial charge in [0.1, 0.15) is 11.8 Å². The molecule has 2 N–H and O–H groups in total. The molecule has 0 saturated carbocycles. The number of anilines is 2. The van der Waals surface area contributed by atoms with Crippen molar-refractivity contribution in [3.63, 3.8) is 0 Å². The van der Waals surface area contributed by atoms with Crippen molar-refractivity contribution in [1.29, 1.82) is 0 Å². The van der Waals surface area contributed by atoms with E-state index in [0.29, 0.717) is 27.3 Å². The van der Waals surface area contributed by atoms with Gasteiger partial charge in [-0.2, -0.15) is 0 Å². The summed E-state index contributed by atoms with van der Waals surface area (Å²) in [7, 11) is -2.06. The first-order valence-electron chi connectivity index (χ1n) is 11.3. The van der Waals surface area contributed by atoms with Crippen molar-refractivity contribution in [1.82, 2.24) is 14.9 Å². The molecular formula is C26H24ClN5O3S2. The highest BCUT2D eigenvalue weighted by molar-refractivity contribution is 7.92. The van der Waals surface area contributed by atoms with Crippen LogP contribution in [0, 0.1) is 0 Å². The molecule has 0 radical (unpaired) electrons. The van der Waals surface area contributed by atoms with Gasteiger partial charge in [-0.15, -0.1) is 0 Å². The van der Waals surface area contributed by atoms with Gasteiger partial charge in [0.05, 0.1) is 30.8 Å². The second-order valence-electron chi connectivity index (χ2n) is 8.54. The monoisotopic (exact) mass is 553 g/mol. The number of hydrogen-bond donors (Lipinski definition) is 2. The van der Waals surface area contributed by atoms with E-state index < -0.39 is 10.0 Å². The van der Waals surface area contributed by atoms with Gasteiger partial charge in [0.25, 0.3) is 0 Å². The minimum Gasteiger partial charge on any atom is -0.495 e. The lowest BCUT2D eigenvalue weighted by molar-refractivity contribution is 0.417. The molecule has 2 aromatic heterocycles. The van der Waals surface area contributed by atoms with Gasteiger partial charge in [0, 0.05) is 34.5 Å². The number of aromatic nitrogens is 2. The van der Waals surface area contributed by atoms with Gasteiger partial charge in [-0.25, -0.2) is 8.42 Å². The molecule has 1 fully saturated rings. The number of methoxy groups -OCH3 is 1. The maximum Gasteiger partial charge on any atom is 0.229 e. The zero-order chi connectivity index (χ0) is 26.2. The van der Waals surface area contributed by atoms with Crippen LogP contribution in [0.25, 0.3) is 5.69 Å². The Kier molecular flexibility index (Phi) is 6.80. The Morgan fingerprint density at radius 1 is 1.05 bits per heavy atom. The van der Waals surface area contributed by atoms with E-state index in [1.165, 1.54) is 7.11 Å². The first-order valence-corrected chi connectivity index (χ1v) is 14.0. The second-order valence-corrected chi connectivity index (χ2v) is 11.1. The van der Waals surface area contributed by atoms with Crippen LogP contribution in [0.2, 0.25) is 5.02 Å². The van der Waals surface area contributed by atoms with E-state index in [0.717, 1.165) is 23.3 Å². The number of hydrogen-bond acceptors (Lipinski definition) is 5. The molecule has 2 aromatic carbocycles. The summed E-state index contributed by atoms with van der Waals surface area (Å²) >= 11 is 12.1. The number of rotatable bonds is 7. The molecule has 8 nitrogen and oxygen atoms in total. The molecule has 2 atom stereocenters. The van der Waals surface area contributed by atoms with E-state index in [-0.39, 0.29) is 12.1 Å². The molecule has 0 aliphatic carbocycles. The van der Waals surface area contributed by atoms with Crippen LogP contribution in [-0.4, -0.2) is 36.4 Å². The average Bonchev–Trinajstić information content (AvgIpc) is 3.48. The predicted octanol–water partition coefficient (Wildman–Crippen LogP) is 5.08. The lowest BCUT2D eigenvalue weighted by Crippen LogP contribution is -2.30. The Morgan fingerprint density at radius 2 is 1.89 bits per heavy atom. The third-order valence-corrected chi connectivity index (χ3v) is 7.16. The molecule has 11 heteroatoms. The maximum absolute atomic E-state index is 12.0. The average molecular weight is 554 g/mol. The third kappa shape index (κ3) is 5.13. The second kappa shape index (κ2) is 10.0. The SMILES string of the molecule is COc1ccc(N2C(=S)NC(c3ccccn3)C2c2cccn2-c2cccc(Cl)c2)cc1NS(C)(=O)=O. The molecule has 5 rings (SSSR count). The van der Waals surface area contributed by atoms with E-state index in [1.54, 1.807) is 18.3 Å². The fraction of sp³-hybridized carbons (Fsp3) is 0.154. The summed E-state index contributed by atoms with van der Waals surface area (Å²) in [6.07, 6.45) is 4.82. The van der Waals surface area contributed by atoms with Gasteiger partial charge in [0.2, 0.25) is 10.0 Å². The standard InChI is InChI=1S/C26H24ClN5O3S2/c1-35-23-12-11-19(16-21(23)30-37(2,33)34)32-25(24(29-26(32)36)20-9-3-4-13-28-20)22-10-6-14-31(22)18-8-5-7-17(27)15-18/h3-16,24-25,30H,1-2H3,(H,29,36). The van der Waals surface area contributed by atoms with Crippen LogP contribution in [0.4, 0.5) is 11.4 Å². The summed E-state index contributed by atoms with van der Waals surface area (Å²) in [5.41, 5.74) is 3.67. The predicted molar refractivity (Wildman–Crippen MR) is 150 cm³/mol. The zero-order valence-corrected chi connectivity index (χ0v) is 22.4. The number of sulfonamides is 1. The summed E-state index contributed by atoms with van der Waals surface area (Å²) in [6.45, 7) is 0. The van der Waals surface area contributed by atoms with Crippen molar-refractivity contribution in [2.75, 3.05) is 23.0 Å². The Balaban J connectivity index is 1.67. The molecule has 190 valence electrons. The van der Waals surface area contributed by atoms with E-state index in [4.69, 9.17) is 28.6 Å². The summed E-state index contributed by atoms with van der Waals surface area (Å²) in [4.78, 5) is 6.57. The normalized spacial score (nSPS) is 17.5. The summed E-state index contributed by atoms with van der Waals surface area (Å²) in [5, 5.41) is 4.54. The van der Waals surface area contributed by atoms with Gasteiger partial charge >= 0.3 is 0 Å². The number of ether oxygens (including phenoxy) is 1. The number of nitrogens with zero attached hydrogens (tertiary/aromatic N) is 3. The van der Waals surface area contributed by atoms with Crippen molar-refractivity contribution in [3.05, 3.63) is 102 Å². The molecule has 1 aliphatic heterocycles. The largest absolute Gasteiger partial charge is 0.495 e. The van der Waals surface area contributed by atoms with Crippen molar-refractivity contribution >= 4 is 50.3 Å². The number of thiocarbonyl (C=S) groups is 1. The van der Waals surface area contributed by atoms with Crippen molar-refractivity contribution in [2.24, 2.45) is 0 Å². The Morgan fingerprint density at radius 3 is 2.59 bits per heavy atom. The lowest BCUT2D eigenvalue weighted by Gasteiger charge is -2.29. The minimum absolute atomic E-state index is 0.282. The summed E-state index contributed by atoms with van der Waals surface area (Å²) in [5.74, 6) is 0.396. The van der Waals surface area contributed by atoms with Crippen LogP contribution < -0.4 is 19.7 Å². The number of halogens is 1. The van der Waals surface area contributed by atoms with Gasteiger partial charge in [-0.3, -0.25) is 9.71 Å². The minimum atomic E-state index is -3.54. The zero-order valence-electron chi connectivity index (χ0n) is 20.0. The van der Waals surface area contributed by atoms with Crippen LogP contribution in [0.15, 0.2) is 85.2 Å². The van der Waals surface area contributed by atoms with Crippen LogP contribution in [-0.2, 0) is 10.0 Å². The van der Waals surface area contributed by atoms with Crippen LogP contribution in [0.1, 0.15) is 23.5 Å². The summed E-state index contributed by atoms with van der Waals surface area (Å²) in [6, 6.07) is 22.0. The maximum atomic E-state index is 12.0. The Bertz CT molecular complexity index is 1560. The molecule has 1 aliphatic rings. The smallest absolute Gasteiger partial charge is 0.229 e. The first kappa shape index (κ1) is 25.1. The van der Waals surface area contributed by atoms with Crippen LogP contribution in [0.3, 0.4) is 0 Å². The molecule has 0 amide bonds. The van der Waals surface area contributed by atoms with Crippen molar-refractivity contribution < 1.29 is 13.2 Å². The molecule has 4 aromatic rings. The van der Waals surface area contributed by atoms with Gasteiger partial charge in [0.15, 0.2) is 5.11 Å².